The van der Waals surface area contributed by atoms with Gasteiger partial charge in [0.05, 0.1) is 13.1 Å². The fourth-order valence-electron chi connectivity index (χ4n) is 2.75. The second kappa shape index (κ2) is 9.36. The minimum absolute atomic E-state index is 0.0538. The molecule has 0 bridgehead atoms. The zero-order chi connectivity index (χ0) is 18.2. The summed E-state index contributed by atoms with van der Waals surface area (Å²) in [7, 11) is 1.66. The van der Waals surface area contributed by atoms with Crippen LogP contribution in [0.1, 0.15) is 13.3 Å². The van der Waals surface area contributed by atoms with E-state index in [1.807, 2.05) is 6.92 Å². The summed E-state index contributed by atoms with van der Waals surface area (Å²) in [6.45, 7) is 6.13. The standard InChI is InChI=1S/C18H27FN4O2/c1-3-8-20-17(24)13-21(2)18(25)14-22-9-11-23(12-10-22)16-6-4-15(19)5-7-16/h4-7H,3,8-14H2,1-2H3,(H,20,24). The van der Waals surface area contributed by atoms with Gasteiger partial charge in [0.1, 0.15) is 5.82 Å². The average Bonchev–Trinajstić information content (AvgIpc) is 2.61. The minimum Gasteiger partial charge on any atom is -0.369 e. The number of amides is 2. The molecular formula is C18H27FN4O2. The average molecular weight is 350 g/mol. The van der Waals surface area contributed by atoms with E-state index in [9.17, 15) is 14.0 Å². The SMILES string of the molecule is CCCNC(=O)CN(C)C(=O)CN1CCN(c2ccc(F)cc2)CC1. The van der Waals surface area contributed by atoms with Gasteiger partial charge in [-0.1, -0.05) is 6.92 Å². The first-order valence-corrected chi connectivity index (χ1v) is 8.73. The number of anilines is 1. The molecule has 1 heterocycles. The molecule has 1 fully saturated rings. The monoisotopic (exact) mass is 350 g/mol. The van der Waals surface area contributed by atoms with E-state index in [-0.39, 0.29) is 24.2 Å². The number of nitrogens with zero attached hydrogens (tertiary/aromatic N) is 3. The Bertz CT molecular complexity index is 571. The fraction of sp³-hybridized carbons (Fsp3) is 0.556. The second-order valence-corrected chi connectivity index (χ2v) is 6.34. The molecule has 0 radical (unpaired) electrons. The number of carbonyl (C=O) groups is 2. The Morgan fingerprint density at radius 1 is 1.16 bits per heavy atom. The fourth-order valence-corrected chi connectivity index (χ4v) is 2.75. The van der Waals surface area contributed by atoms with Crippen molar-refractivity contribution in [2.75, 3.05) is 57.8 Å². The minimum atomic E-state index is -0.237. The van der Waals surface area contributed by atoms with Gasteiger partial charge >= 0.3 is 0 Å². The van der Waals surface area contributed by atoms with Crippen molar-refractivity contribution in [3.63, 3.8) is 0 Å². The third kappa shape index (κ3) is 6.01. The van der Waals surface area contributed by atoms with E-state index in [0.717, 1.165) is 38.3 Å². The van der Waals surface area contributed by atoms with E-state index in [0.29, 0.717) is 13.1 Å². The van der Waals surface area contributed by atoms with E-state index >= 15 is 0 Å². The summed E-state index contributed by atoms with van der Waals surface area (Å²) in [6, 6.07) is 6.48. The molecule has 0 atom stereocenters. The normalized spacial score (nSPS) is 15.1. The molecule has 2 amide bonds. The predicted octanol–water partition coefficient (Wildman–Crippen LogP) is 0.932. The third-order valence-electron chi connectivity index (χ3n) is 4.30. The van der Waals surface area contributed by atoms with Crippen LogP contribution < -0.4 is 10.2 Å². The number of benzene rings is 1. The van der Waals surface area contributed by atoms with Crippen LogP contribution in [0.25, 0.3) is 0 Å². The molecule has 1 saturated heterocycles. The van der Waals surface area contributed by atoms with Gasteiger partial charge in [0.2, 0.25) is 11.8 Å². The highest BCUT2D eigenvalue weighted by atomic mass is 19.1. The largest absolute Gasteiger partial charge is 0.369 e. The maximum Gasteiger partial charge on any atom is 0.239 e. The molecule has 0 aromatic heterocycles. The van der Waals surface area contributed by atoms with Gasteiger partial charge in [-0.25, -0.2) is 4.39 Å². The van der Waals surface area contributed by atoms with E-state index < -0.39 is 0 Å². The molecular weight excluding hydrogens is 323 g/mol. The van der Waals surface area contributed by atoms with Crippen LogP contribution >= 0.6 is 0 Å². The van der Waals surface area contributed by atoms with Gasteiger partial charge in [0.15, 0.2) is 0 Å². The van der Waals surface area contributed by atoms with Crippen molar-refractivity contribution in [2.45, 2.75) is 13.3 Å². The maximum atomic E-state index is 13.0. The Hall–Kier alpha value is -2.15. The molecule has 0 unspecified atom stereocenters. The quantitative estimate of drug-likeness (QED) is 0.795. The molecule has 0 aliphatic carbocycles. The number of halogens is 1. The highest BCUT2D eigenvalue weighted by Crippen LogP contribution is 2.16. The summed E-state index contributed by atoms with van der Waals surface area (Å²) in [5.74, 6) is -0.417. The van der Waals surface area contributed by atoms with Gasteiger partial charge in [-0.05, 0) is 30.7 Å². The van der Waals surface area contributed by atoms with Crippen LogP contribution in [0.15, 0.2) is 24.3 Å². The van der Waals surface area contributed by atoms with E-state index in [4.69, 9.17) is 0 Å². The number of nitrogens with one attached hydrogen (secondary N) is 1. The van der Waals surface area contributed by atoms with E-state index in [1.165, 1.54) is 17.0 Å². The second-order valence-electron chi connectivity index (χ2n) is 6.34. The van der Waals surface area contributed by atoms with Crippen molar-refractivity contribution in [1.82, 2.24) is 15.1 Å². The van der Waals surface area contributed by atoms with Crippen LogP contribution in [-0.2, 0) is 9.59 Å². The first-order chi connectivity index (χ1) is 12.0. The van der Waals surface area contributed by atoms with Crippen molar-refractivity contribution in [1.29, 1.82) is 0 Å². The van der Waals surface area contributed by atoms with Gasteiger partial charge < -0.3 is 15.1 Å². The van der Waals surface area contributed by atoms with Crippen LogP contribution in [-0.4, -0.2) is 74.5 Å². The predicted molar refractivity (Wildman–Crippen MR) is 96.0 cm³/mol. The summed E-state index contributed by atoms with van der Waals surface area (Å²) in [5, 5.41) is 2.77. The highest BCUT2D eigenvalue weighted by molar-refractivity contribution is 5.85. The van der Waals surface area contributed by atoms with Crippen LogP contribution in [0.4, 0.5) is 10.1 Å². The smallest absolute Gasteiger partial charge is 0.239 e. The number of piperazine rings is 1. The van der Waals surface area contributed by atoms with Gasteiger partial charge in [-0.15, -0.1) is 0 Å². The van der Waals surface area contributed by atoms with Crippen molar-refractivity contribution in [2.24, 2.45) is 0 Å². The Kier molecular flexibility index (Phi) is 7.18. The maximum absolute atomic E-state index is 13.0. The lowest BCUT2D eigenvalue weighted by atomic mass is 10.2. The number of likely N-dealkylation sites (N-methyl/N-ethyl adjacent to an activating group) is 1. The van der Waals surface area contributed by atoms with Crippen LogP contribution in [0.5, 0.6) is 0 Å². The van der Waals surface area contributed by atoms with E-state index in [2.05, 4.69) is 15.1 Å². The molecule has 1 aliphatic rings. The van der Waals surface area contributed by atoms with Gasteiger partial charge in [-0.3, -0.25) is 14.5 Å². The van der Waals surface area contributed by atoms with Crippen LogP contribution in [0, 0.1) is 5.82 Å². The number of carbonyl (C=O) groups excluding carboxylic acids is 2. The molecule has 138 valence electrons. The summed E-state index contributed by atoms with van der Waals surface area (Å²) in [5.41, 5.74) is 0.997. The lowest BCUT2D eigenvalue weighted by Crippen LogP contribution is -2.50. The zero-order valence-electron chi connectivity index (χ0n) is 15.0. The molecule has 1 N–H and O–H groups in total. The summed E-state index contributed by atoms with van der Waals surface area (Å²) < 4.78 is 13.0. The molecule has 1 aromatic rings. The summed E-state index contributed by atoms with van der Waals surface area (Å²) in [4.78, 5) is 29.7. The Morgan fingerprint density at radius 2 is 1.80 bits per heavy atom. The summed E-state index contributed by atoms with van der Waals surface area (Å²) in [6.07, 6.45) is 0.877. The first kappa shape index (κ1) is 19.2. The van der Waals surface area contributed by atoms with Crippen molar-refractivity contribution >= 4 is 17.5 Å². The Morgan fingerprint density at radius 3 is 2.40 bits per heavy atom. The number of hydrogen-bond acceptors (Lipinski definition) is 4. The molecule has 2 rings (SSSR count). The highest BCUT2D eigenvalue weighted by Gasteiger charge is 2.21. The zero-order valence-corrected chi connectivity index (χ0v) is 15.0. The van der Waals surface area contributed by atoms with Gasteiger partial charge in [-0.2, -0.15) is 0 Å². The molecule has 0 saturated carbocycles. The Balaban J connectivity index is 1.74. The molecule has 7 heteroatoms. The number of rotatable bonds is 7. The molecule has 1 aliphatic heterocycles. The molecule has 0 spiro atoms. The Labute approximate surface area is 148 Å². The van der Waals surface area contributed by atoms with Gasteiger partial charge in [0.25, 0.3) is 0 Å². The molecule has 25 heavy (non-hydrogen) atoms. The van der Waals surface area contributed by atoms with Crippen LogP contribution in [0.3, 0.4) is 0 Å². The third-order valence-corrected chi connectivity index (χ3v) is 4.30. The lowest BCUT2D eigenvalue weighted by Gasteiger charge is -2.36. The van der Waals surface area contributed by atoms with Crippen LogP contribution in [0.2, 0.25) is 0 Å². The summed E-state index contributed by atoms with van der Waals surface area (Å²) >= 11 is 0. The first-order valence-electron chi connectivity index (χ1n) is 8.73. The molecule has 1 aromatic carbocycles. The van der Waals surface area contributed by atoms with Crippen molar-refractivity contribution < 1.29 is 14.0 Å². The number of hydrogen-bond donors (Lipinski definition) is 1. The van der Waals surface area contributed by atoms with Crippen molar-refractivity contribution in [3.05, 3.63) is 30.1 Å². The molecule has 6 nitrogen and oxygen atoms in total. The lowest BCUT2D eigenvalue weighted by molar-refractivity contribution is -0.135. The van der Waals surface area contributed by atoms with E-state index in [1.54, 1.807) is 19.2 Å². The van der Waals surface area contributed by atoms with Crippen molar-refractivity contribution in [3.8, 4) is 0 Å². The van der Waals surface area contributed by atoms with Gasteiger partial charge in [0, 0.05) is 45.5 Å². The topological polar surface area (TPSA) is 55.9 Å².